The van der Waals surface area contributed by atoms with Crippen LogP contribution in [0.1, 0.15) is 23.2 Å². The fourth-order valence-electron chi connectivity index (χ4n) is 4.45. The van der Waals surface area contributed by atoms with Gasteiger partial charge in [0.2, 0.25) is 0 Å². The average Bonchev–Trinajstić information content (AvgIpc) is 2.79. The summed E-state index contributed by atoms with van der Waals surface area (Å²) in [5, 5.41) is 12.5. The molecule has 6 rings (SSSR count). The van der Waals surface area contributed by atoms with E-state index in [1.807, 2.05) is 0 Å². The SMILES string of the molecule is O=C(N[C@H]1CN2CCC1CC2)c1ccc2c(c1)OC[C@@H](COc1ccc(O)cc1)O2. The van der Waals surface area contributed by atoms with E-state index < -0.39 is 0 Å². The van der Waals surface area contributed by atoms with Crippen LogP contribution in [0.25, 0.3) is 0 Å². The van der Waals surface area contributed by atoms with Gasteiger partial charge in [-0.05, 0) is 74.3 Å². The first-order valence-electron chi connectivity index (χ1n) is 10.5. The van der Waals surface area contributed by atoms with Crippen molar-refractivity contribution in [3.8, 4) is 23.0 Å². The Labute approximate surface area is 175 Å². The molecule has 4 aliphatic rings. The molecule has 158 valence electrons. The van der Waals surface area contributed by atoms with Crippen molar-refractivity contribution in [3.05, 3.63) is 48.0 Å². The van der Waals surface area contributed by atoms with E-state index in [4.69, 9.17) is 14.2 Å². The number of phenols is 1. The number of carbonyl (C=O) groups excluding carboxylic acids is 1. The highest BCUT2D eigenvalue weighted by Crippen LogP contribution is 2.33. The summed E-state index contributed by atoms with van der Waals surface area (Å²) in [5.41, 5.74) is 0.590. The Morgan fingerprint density at radius 2 is 1.93 bits per heavy atom. The van der Waals surface area contributed by atoms with Crippen molar-refractivity contribution in [3.63, 3.8) is 0 Å². The van der Waals surface area contributed by atoms with Crippen molar-refractivity contribution < 1.29 is 24.1 Å². The summed E-state index contributed by atoms with van der Waals surface area (Å²) in [6, 6.07) is 12.1. The lowest BCUT2D eigenvalue weighted by Crippen LogP contribution is -2.57. The maximum absolute atomic E-state index is 12.8. The molecule has 30 heavy (non-hydrogen) atoms. The third kappa shape index (κ3) is 4.03. The molecular weight excluding hydrogens is 384 g/mol. The van der Waals surface area contributed by atoms with Crippen molar-refractivity contribution >= 4 is 5.91 Å². The number of ether oxygens (including phenoxy) is 3. The summed E-state index contributed by atoms with van der Waals surface area (Å²) in [7, 11) is 0. The Bertz CT molecular complexity index is 908. The summed E-state index contributed by atoms with van der Waals surface area (Å²) < 4.78 is 17.5. The van der Waals surface area contributed by atoms with E-state index in [9.17, 15) is 9.90 Å². The zero-order valence-corrected chi connectivity index (χ0v) is 16.8. The molecule has 0 unspecified atom stereocenters. The van der Waals surface area contributed by atoms with Crippen LogP contribution in [0, 0.1) is 5.92 Å². The molecule has 3 fully saturated rings. The number of hydrogen-bond donors (Lipinski definition) is 2. The molecule has 1 amide bonds. The Morgan fingerprint density at radius 3 is 2.67 bits per heavy atom. The first-order chi connectivity index (χ1) is 14.6. The molecule has 2 aromatic carbocycles. The summed E-state index contributed by atoms with van der Waals surface area (Å²) in [5.74, 6) is 2.57. The lowest BCUT2D eigenvalue weighted by atomic mass is 9.84. The van der Waals surface area contributed by atoms with Crippen LogP contribution in [0.3, 0.4) is 0 Å². The standard InChI is InChI=1S/C23H26N2O5/c26-17-2-4-18(5-3-17)28-13-19-14-29-22-11-16(1-6-21(22)30-19)23(27)24-20-12-25-9-7-15(20)8-10-25/h1-6,11,15,19-20,26H,7-10,12-14H2,(H,24,27)/t19-,20+/m1/s1. The Morgan fingerprint density at radius 1 is 1.13 bits per heavy atom. The number of phenolic OH excluding ortho intramolecular Hbond substituents is 1. The van der Waals surface area contributed by atoms with Gasteiger partial charge >= 0.3 is 0 Å². The third-order valence-corrected chi connectivity index (χ3v) is 6.17. The van der Waals surface area contributed by atoms with Gasteiger partial charge in [-0.3, -0.25) is 4.79 Å². The lowest BCUT2D eigenvalue weighted by molar-refractivity contribution is 0.0531. The van der Waals surface area contributed by atoms with Crippen LogP contribution in [0.4, 0.5) is 0 Å². The van der Waals surface area contributed by atoms with Gasteiger partial charge in [0.15, 0.2) is 17.6 Å². The van der Waals surface area contributed by atoms with Gasteiger partial charge in [-0.2, -0.15) is 0 Å². The van der Waals surface area contributed by atoms with E-state index in [0.717, 1.165) is 19.6 Å². The first-order valence-corrected chi connectivity index (χ1v) is 10.5. The molecular formula is C23H26N2O5. The van der Waals surface area contributed by atoms with Crippen LogP contribution in [0.2, 0.25) is 0 Å². The maximum atomic E-state index is 12.8. The van der Waals surface area contributed by atoms with E-state index in [1.54, 1.807) is 42.5 Å². The van der Waals surface area contributed by atoms with E-state index in [1.165, 1.54) is 12.8 Å². The van der Waals surface area contributed by atoms with Gasteiger partial charge < -0.3 is 29.5 Å². The van der Waals surface area contributed by atoms with Crippen molar-refractivity contribution in [2.45, 2.75) is 25.0 Å². The van der Waals surface area contributed by atoms with E-state index in [2.05, 4.69) is 10.2 Å². The van der Waals surface area contributed by atoms with Crippen LogP contribution >= 0.6 is 0 Å². The molecule has 2 N–H and O–H groups in total. The molecule has 0 aromatic heterocycles. The van der Waals surface area contributed by atoms with Crippen molar-refractivity contribution in [2.24, 2.45) is 5.92 Å². The smallest absolute Gasteiger partial charge is 0.251 e. The second-order valence-electron chi connectivity index (χ2n) is 8.24. The predicted molar refractivity (Wildman–Crippen MR) is 110 cm³/mol. The van der Waals surface area contributed by atoms with Crippen LogP contribution in [-0.4, -0.2) is 60.9 Å². The Balaban J connectivity index is 1.18. The molecule has 2 bridgehead atoms. The highest BCUT2D eigenvalue weighted by Gasteiger charge is 2.35. The molecule has 0 radical (unpaired) electrons. The number of aromatic hydroxyl groups is 1. The van der Waals surface area contributed by atoms with Crippen LogP contribution < -0.4 is 19.5 Å². The molecule has 0 spiro atoms. The minimum Gasteiger partial charge on any atom is -0.508 e. The average molecular weight is 410 g/mol. The summed E-state index contributed by atoms with van der Waals surface area (Å²) >= 11 is 0. The number of benzene rings is 2. The summed E-state index contributed by atoms with van der Waals surface area (Å²) in [4.78, 5) is 15.2. The lowest BCUT2D eigenvalue weighted by Gasteiger charge is -2.44. The maximum Gasteiger partial charge on any atom is 0.251 e. The molecule has 4 aliphatic heterocycles. The van der Waals surface area contributed by atoms with E-state index in [0.29, 0.717) is 41.9 Å². The van der Waals surface area contributed by atoms with Gasteiger partial charge in [0.1, 0.15) is 24.7 Å². The van der Waals surface area contributed by atoms with Gasteiger partial charge in [-0.1, -0.05) is 0 Å². The topological polar surface area (TPSA) is 80.3 Å². The van der Waals surface area contributed by atoms with Crippen molar-refractivity contribution in [1.29, 1.82) is 0 Å². The number of nitrogens with one attached hydrogen (secondary N) is 1. The number of piperidine rings is 3. The minimum absolute atomic E-state index is 0.0575. The number of nitrogens with zero attached hydrogens (tertiary/aromatic N) is 1. The van der Waals surface area contributed by atoms with Crippen LogP contribution in [0.15, 0.2) is 42.5 Å². The van der Waals surface area contributed by atoms with Crippen molar-refractivity contribution in [1.82, 2.24) is 10.2 Å². The van der Waals surface area contributed by atoms with E-state index in [-0.39, 0.29) is 23.8 Å². The van der Waals surface area contributed by atoms with Gasteiger partial charge in [-0.25, -0.2) is 0 Å². The molecule has 0 aliphatic carbocycles. The molecule has 2 aromatic rings. The third-order valence-electron chi connectivity index (χ3n) is 6.17. The van der Waals surface area contributed by atoms with Gasteiger partial charge in [0, 0.05) is 18.2 Å². The van der Waals surface area contributed by atoms with Gasteiger partial charge in [0.25, 0.3) is 5.91 Å². The van der Waals surface area contributed by atoms with Gasteiger partial charge in [0.05, 0.1) is 0 Å². The van der Waals surface area contributed by atoms with Crippen molar-refractivity contribution in [2.75, 3.05) is 32.8 Å². The first kappa shape index (κ1) is 19.1. The second kappa shape index (κ2) is 8.07. The largest absolute Gasteiger partial charge is 0.508 e. The fourth-order valence-corrected chi connectivity index (χ4v) is 4.45. The van der Waals surface area contributed by atoms with Crippen LogP contribution in [0.5, 0.6) is 23.0 Å². The number of fused-ring (bicyclic) bond motifs is 4. The number of amides is 1. The molecule has 7 nitrogen and oxygen atoms in total. The molecule has 0 saturated carbocycles. The quantitative estimate of drug-likeness (QED) is 0.788. The monoisotopic (exact) mass is 410 g/mol. The molecule has 3 saturated heterocycles. The predicted octanol–water partition coefficient (Wildman–Crippen LogP) is 2.43. The summed E-state index contributed by atoms with van der Waals surface area (Å²) in [6.07, 6.45) is 2.08. The van der Waals surface area contributed by atoms with Crippen LogP contribution in [-0.2, 0) is 0 Å². The number of carbonyl (C=O) groups is 1. The zero-order chi connectivity index (χ0) is 20.5. The summed E-state index contributed by atoms with van der Waals surface area (Å²) in [6.45, 7) is 3.92. The molecule has 4 heterocycles. The highest BCUT2D eigenvalue weighted by molar-refractivity contribution is 5.95. The molecule has 7 heteroatoms. The zero-order valence-electron chi connectivity index (χ0n) is 16.8. The van der Waals surface area contributed by atoms with Gasteiger partial charge in [-0.15, -0.1) is 0 Å². The normalized spacial score (nSPS) is 26.8. The fraction of sp³-hybridized carbons (Fsp3) is 0.435. The Hall–Kier alpha value is -2.93. The number of rotatable bonds is 5. The minimum atomic E-state index is -0.252. The highest BCUT2D eigenvalue weighted by atomic mass is 16.6. The Kier molecular flexibility index (Phi) is 5.12. The van der Waals surface area contributed by atoms with E-state index >= 15 is 0 Å². The second-order valence-corrected chi connectivity index (χ2v) is 8.24. The number of hydrogen-bond acceptors (Lipinski definition) is 6. The molecule has 2 atom stereocenters.